The highest BCUT2D eigenvalue weighted by molar-refractivity contribution is 6.19. The number of fused-ring (bicyclic) bond motifs is 2. The number of anilines is 2. The number of hydrogen-bond donors (Lipinski definition) is 0. The molecule has 0 saturated heterocycles. The fraction of sp³-hybridized carbons (Fsp3) is 0.0909. The fourth-order valence-corrected chi connectivity index (χ4v) is 3.29. The summed E-state index contributed by atoms with van der Waals surface area (Å²) in [6.45, 7) is 0.593. The van der Waals surface area contributed by atoms with Crippen molar-refractivity contribution in [3.8, 4) is 0 Å². The molecule has 0 amide bonds. The van der Waals surface area contributed by atoms with Gasteiger partial charge >= 0.3 is 0 Å². The van der Waals surface area contributed by atoms with Gasteiger partial charge in [0.25, 0.3) is 0 Å². The Morgan fingerprint density at radius 1 is 0.640 bits per heavy atom. The number of carbonyl (C=O) groups is 2. The van der Waals surface area contributed by atoms with Crippen LogP contribution in [0.15, 0.2) is 78.9 Å². The molecule has 3 aromatic rings. The zero-order valence-corrected chi connectivity index (χ0v) is 13.7. The minimum absolute atomic E-state index is 0.0901. The van der Waals surface area contributed by atoms with E-state index in [1.54, 1.807) is 12.1 Å². The van der Waals surface area contributed by atoms with Gasteiger partial charge in [0.1, 0.15) is 0 Å². The van der Waals surface area contributed by atoms with Crippen LogP contribution in [0.5, 0.6) is 0 Å². The van der Waals surface area contributed by atoms with E-state index < -0.39 is 0 Å². The standard InChI is InChI=1S/C22H17NO2/c24-21-14-22(25)18-11-5-7-13-20(18)23(15-16-8-2-1-3-9-16)19-12-6-4-10-17(19)21/h1-13H,14-15H2. The summed E-state index contributed by atoms with van der Waals surface area (Å²) in [5, 5.41) is 0. The van der Waals surface area contributed by atoms with Crippen LogP contribution in [0.3, 0.4) is 0 Å². The highest BCUT2D eigenvalue weighted by Crippen LogP contribution is 2.36. The first-order valence-electron chi connectivity index (χ1n) is 8.30. The SMILES string of the molecule is O=C1CC(=O)c2ccccc2N(Cc2ccccc2)c2ccccc21. The third-order valence-electron chi connectivity index (χ3n) is 4.50. The molecule has 0 N–H and O–H groups in total. The van der Waals surface area contributed by atoms with Crippen LogP contribution in [-0.2, 0) is 6.54 Å². The second kappa shape index (κ2) is 6.36. The van der Waals surface area contributed by atoms with Crippen LogP contribution >= 0.6 is 0 Å². The maximum absolute atomic E-state index is 12.6. The molecule has 1 aliphatic heterocycles. The summed E-state index contributed by atoms with van der Waals surface area (Å²) >= 11 is 0. The highest BCUT2D eigenvalue weighted by atomic mass is 16.1. The van der Waals surface area contributed by atoms with E-state index in [0.717, 1.165) is 16.9 Å². The van der Waals surface area contributed by atoms with Crippen molar-refractivity contribution in [2.45, 2.75) is 13.0 Å². The summed E-state index contributed by atoms with van der Waals surface area (Å²) in [6.07, 6.45) is -0.0901. The molecule has 0 bridgehead atoms. The summed E-state index contributed by atoms with van der Waals surface area (Å²) in [6, 6.07) is 25.1. The topological polar surface area (TPSA) is 37.4 Å². The third-order valence-corrected chi connectivity index (χ3v) is 4.50. The van der Waals surface area contributed by atoms with Crippen molar-refractivity contribution >= 4 is 22.9 Å². The molecule has 0 spiro atoms. The highest BCUT2D eigenvalue weighted by Gasteiger charge is 2.27. The minimum Gasteiger partial charge on any atom is -0.336 e. The molecule has 1 aliphatic rings. The van der Waals surface area contributed by atoms with Crippen molar-refractivity contribution in [1.29, 1.82) is 0 Å². The molecular formula is C22H17NO2. The van der Waals surface area contributed by atoms with Gasteiger partial charge in [0, 0.05) is 17.7 Å². The number of benzene rings is 3. The Kier molecular flexibility index (Phi) is 3.90. The molecule has 3 heteroatoms. The minimum atomic E-state index is -0.131. The quantitative estimate of drug-likeness (QED) is 0.635. The molecule has 25 heavy (non-hydrogen) atoms. The summed E-state index contributed by atoms with van der Waals surface area (Å²) in [4.78, 5) is 27.3. The van der Waals surface area contributed by atoms with Crippen molar-refractivity contribution < 1.29 is 9.59 Å². The molecular weight excluding hydrogens is 310 g/mol. The van der Waals surface area contributed by atoms with Crippen molar-refractivity contribution in [2.24, 2.45) is 0 Å². The first kappa shape index (κ1) is 15.3. The van der Waals surface area contributed by atoms with Crippen LogP contribution in [0.4, 0.5) is 11.4 Å². The Bertz CT molecular complexity index is 890. The largest absolute Gasteiger partial charge is 0.336 e. The molecule has 0 unspecified atom stereocenters. The average molecular weight is 327 g/mol. The predicted octanol–water partition coefficient (Wildman–Crippen LogP) is 4.79. The van der Waals surface area contributed by atoms with Gasteiger partial charge in [-0.2, -0.15) is 0 Å². The molecule has 0 fully saturated rings. The Balaban J connectivity index is 1.93. The van der Waals surface area contributed by atoms with E-state index in [1.165, 1.54) is 0 Å². The van der Waals surface area contributed by atoms with E-state index >= 15 is 0 Å². The summed E-state index contributed by atoms with van der Waals surface area (Å²) in [7, 11) is 0. The van der Waals surface area contributed by atoms with Crippen molar-refractivity contribution in [3.63, 3.8) is 0 Å². The number of nitrogens with zero attached hydrogens (tertiary/aromatic N) is 1. The third kappa shape index (κ3) is 2.85. The Labute approximate surface area is 146 Å². The molecule has 0 aliphatic carbocycles. The van der Waals surface area contributed by atoms with Crippen molar-refractivity contribution in [3.05, 3.63) is 95.6 Å². The van der Waals surface area contributed by atoms with Crippen LogP contribution in [0.25, 0.3) is 0 Å². The molecule has 0 radical (unpaired) electrons. The van der Waals surface area contributed by atoms with Gasteiger partial charge in [-0.15, -0.1) is 0 Å². The monoisotopic (exact) mass is 327 g/mol. The van der Waals surface area contributed by atoms with E-state index in [0.29, 0.717) is 17.7 Å². The van der Waals surface area contributed by atoms with Gasteiger partial charge < -0.3 is 4.90 Å². The molecule has 4 rings (SSSR count). The predicted molar refractivity (Wildman–Crippen MR) is 98.4 cm³/mol. The normalized spacial score (nSPS) is 13.7. The van der Waals surface area contributed by atoms with Gasteiger partial charge in [0.05, 0.1) is 17.8 Å². The lowest BCUT2D eigenvalue weighted by molar-refractivity contribution is 0.0894. The van der Waals surface area contributed by atoms with Crippen LogP contribution in [0.2, 0.25) is 0 Å². The van der Waals surface area contributed by atoms with Crippen LogP contribution < -0.4 is 4.90 Å². The van der Waals surface area contributed by atoms with Crippen LogP contribution in [0, 0.1) is 0 Å². The summed E-state index contributed by atoms with van der Waals surface area (Å²) in [5.41, 5.74) is 4.00. The molecule has 0 atom stereocenters. The Morgan fingerprint density at radius 3 is 1.68 bits per heavy atom. The maximum Gasteiger partial charge on any atom is 0.172 e. The maximum atomic E-state index is 12.6. The molecule has 122 valence electrons. The number of rotatable bonds is 2. The molecule has 3 nitrogen and oxygen atoms in total. The zero-order valence-electron chi connectivity index (χ0n) is 13.7. The summed E-state index contributed by atoms with van der Waals surface area (Å²) in [5.74, 6) is -0.263. The molecule has 0 aromatic heterocycles. The summed E-state index contributed by atoms with van der Waals surface area (Å²) < 4.78 is 0. The lowest BCUT2D eigenvalue weighted by Gasteiger charge is -2.30. The average Bonchev–Trinajstić information content (AvgIpc) is 2.66. The first-order chi connectivity index (χ1) is 12.2. The molecule has 1 heterocycles. The van der Waals surface area contributed by atoms with E-state index in [2.05, 4.69) is 4.90 Å². The zero-order chi connectivity index (χ0) is 17.2. The van der Waals surface area contributed by atoms with Gasteiger partial charge in [0.15, 0.2) is 11.6 Å². The van der Waals surface area contributed by atoms with E-state index in [4.69, 9.17) is 0 Å². The Hall–Kier alpha value is -3.20. The van der Waals surface area contributed by atoms with Gasteiger partial charge in [0.2, 0.25) is 0 Å². The number of hydrogen-bond acceptors (Lipinski definition) is 3. The number of para-hydroxylation sites is 2. The lowest BCUT2D eigenvalue weighted by Crippen LogP contribution is -2.25. The Morgan fingerprint density at radius 2 is 1.12 bits per heavy atom. The number of ketones is 2. The number of carbonyl (C=O) groups excluding carboxylic acids is 2. The van der Waals surface area contributed by atoms with Crippen molar-refractivity contribution in [2.75, 3.05) is 4.90 Å². The van der Waals surface area contributed by atoms with E-state index in [-0.39, 0.29) is 18.0 Å². The van der Waals surface area contributed by atoms with Gasteiger partial charge in [-0.25, -0.2) is 0 Å². The fourth-order valence-electron chi connectivity index (χ4n) is 3.29. The molecule has 0 saturated carbocycles. The van der Waals surface area contributed by atoms with E-state index in [9.17, 15) is 9.59 Å². The smallest absolute Gasteiger partial charge is 0.172 e. The van der Waals surface area contributed by atoms with Gasteiger partial charge in [-0.05, 0) is 29.8 Å². The lowest BCUT2D eigenvalue weighted by atomic mass is 9.94. The van der Waals surface area contributed by atoms with Crippen LogP contribution in [0.1, 0.15) is 32.7 Å². The second-order valence-electron chi connectivity index (χ2n) is 6.13. The van der Waals surface area contributed by atoms with Crippen molar-refractivity contribution in [1.82, 2.24) is 0 Å². The first-order valence-corrected chi connectivity index (χ1v) is 8.30. The number of Topliss-reactive ketones (excluding diaryl/α,β-unsaturated/α-hetero) is 2. The second-order valence-corrected chi connectivity index (χ2v) is 6.13. The van der Waals surface area contributed by atoms with Crippen LogP contribution in [-0.4, -0.2) is 11.6 Å². The van der Waals surface area contributed by atoms with Gasteiger partial charge in [-0.3, -0.25) is 9.59 Å². The van der Waals surface area contributed by atoms with Gasteiger partial charge in [-0.1, -0.05) is 54.6 Å². The van der Waals surface area contributed by atoms with E-state index in [1.807, 2.05) is 66.7 Å². The molecule has 3 aromatic carbocycles.